The third-order valence-corrected chi connectivity index (χ3v) is 6.12. The van der Waals surface area contributed by atoms with Crippen molar-refractivity contribution in [2.75, 3.05) is 44.7 Å². The van der Waals surface area contributed by atoms with Gasteiger partial charge in [-0.3, -0.25) is 4.90 Å². The Bertz CT molecular complexity index is 637. The molecule has 6 nitrogen and oxygen atoms in total. The van der Waals surface area contributed by atoms with Crippen molar-refractivity contribution in [2.24, 2.45) is 5.41 Å². The van der Waals surface area contributed by atoms with Gasteiger partial charge in [-0.25, -0.2) is 13.4 Å². The highest BCUT2D eigenvalue weighted by Gasteiger charge is 2.46. The zero-order chi connectivity index (χ0) is 16.7. The smallest absolute Gasteiger partial charge is 0.208 e. The van der Waals surface area contributed by atoms with Gasteiger partial charge in [-0.05, 0) is 32.1 Å². The number of sulfone groups is 1. The van der Waals surface area contributed by atoms with Crippen LogP contribution in [0.15, 0.2) is 4.42 Å². The summed E-state index contributed by atoms with van der Waals surface area (Å²) >= 11 is 0. The highest BCUT2D eigenvalue weighted by Crippen LogP contribution is 2.47. The normalized spacial score (nSPS) is 22.4. The lowest BCUT2D eigenvalue weighted by molar-refractivity contribution is 0.105. The highest BCUT2D eigenvalue weighted by molar-refractivity contribution is 7.90. The van der Waals surface area contributed by atoms with Crippen molar-refractivity contribution in [3.8, 4) is 0 Å². The largest absolute Gasteiger partial charge is 0.444 e. The van der Waals surface area contributed by atoms with Crippen molar-refractivity contribution in [1.29, 1.82) is 0 Å². The fourth-order valence-corrected chi connectivity index (χ4v) is 4.95. The molecular weight excluding hydrogens is 314 g/mol. The molecule has 2 aliphatic rings. The number of nitrogens with zero attached hydrogens (tertiary/aromatic N) is 3. The summed E-state index contributed by atoms with van der Waals surface area (Å²) in [7, 11) is -2.88. The predicted molar refractivity (Wildman–Crippen MR) is 89.1 cm³/mol. The number of hydrogen-bond donors (Lipinski definition) is 0. The molecule has 1 saturated heterocycles. The summed E-state index contributed by atoms with van der Waals surface area (Å²) < 4.78 is 28.8. The van der Waals surface area contributed by atoms with Gasteiger partial charge < -0.3 is 9.32 Å². The minimum Gasteiger partial charge on any atom is -0.444 e. The molecule has 130 valence electrons. The molecule has 1 saturated carbocycles. The summed E-state index contributed by atoms with van der Waals surface area (Å²) in [6.45, 7) is 9.54. The minimum atomic E-state index is -2.88. The Kier molecular flexibility index (Phi) is 4.55. The maximum absolute atomic E-state index is 11.6. The van der Waals surface area contributed by atoms with Crippen LogP contribution in [0.25, 0.3) is 0 Å². The SMILES string of the molecule is Cc1nc(CN2CCN(CC3(CS(C)(=O)=O)CC3)CC2)oc1C. The second-order valence-corrected chi connectivity index (χ2v) is 9.51. The van der Waals surface area contributed by atoms with E-state index in [1.807, 2.05) is 13.8 Å². The third-order valence-electron chi connectivity index (χ3n) is 4.98. The number of hydrogen-bond acceptors (Lipinski definition) is 6. The highest BCUT2D eigenvalue weighted by atomic mass is 32.2. The van der Waals surface area contributed by atoms with Gasteiger partial charge in [0.15, 0.2) is 0 Å². The van der Waals surface area contributed by atoms with Gasteiger partial charge in [0, 0.05) is 39.0 Å². The van der Waals surface area contributed by atoms with Crippen LogP contribution in [0.1, 0.15) is 30.2 Å². The number of aromatic nitrogens is 1. The third kappa shape index (κ3) is 4.55. The number of oxazole rings is 1. The van der Waals surface area contributed by atoms with E-state index in [2.05, 4.69) is 14.8 Å². The van der Waals surface area contributed by atoms with E-state index in [-0.39, 0.29) is 5.41 Å². The lowest BCUT2D eigenvalue weighted by atomic mass is 10.1. The average Bonchev–Trinajstić information content (AvgIpc) is 3.09. The van der Waals surface area contributed by atoms with Crippen LogP contribution in [-0.4, -0.2) is 67.9 Å². The first kappa shape index (κ1) is 16.9. The van der Waals surface area contributed by atoms with E-state index in [0.29, 0.717) is 5.75 Å². The second kappa shape index (κ2) is 6.18. The standard InChI is InChI=1S/C16H27N3O3S/c1-13-14(2)22-15(17-13)10-18-6-8-19(9-7-18)11-16(4-5-16)12-23(3,20)21/h4-12H2,1-3H3. The van der Waals surface area contributed by atoms with E-state index in [0.717, 1.165) is 69.5 Å². The fraction of sp³-hybridized carbons (Fsp3) is 0.812. The Balaban J connectivity index is 1.47. The lowest BCUT2D eigenvalue weighted by Crippen LogP contribution is -2.48. The van der Waals surface area contributed by atoms with Crippen LogP contribution < -0.4 is 0 Å². The number of piperazine rings is 1. The molecule has 7 heteroatoms. The Hall–Kier alpha value is -0.920. The molecule has 1 aromatic rings. The van der Waals surface area contributed by atoms with Crippen molar-refractivity contribution in [1.82, 2.24) is 14.8 Å². The first-order valence-corrected chi connectivity index (χ1v) is 10.4. The Labute approximate surface area is 138 Å². The maximum atomic E-state index is 11.6. The van der Waals surface area contributed by atoms with Gasteiger partial charge in [0.05, 0.1) is 18.0 Å². The van der Waals surface area contributed by atoms with Crippen LogP contribution in [-0.2, 0) is 16.4 Å². The van der Waals surface area contributed by atoms with Gasteiger partial charge in [0.1, 0.15) is 15.6 Å². The van der Waals surface area contributed by atoms with Crippen molar-refractivity contribution in [3.63, 3.8) is 0 Å². The van der Waals surface area contributed by atoms with E-state index < -0.39 is 9.84 Å². The van der Waals surface area contributed by atoms with Gasteiger partial charge in [0.2, 0.25) is 5.89 Å². The van der Waals surface area contributed by atoms with Gasteiger partial charge in [-0.2, -0.15) is 0 Å². The van der Waals surface area contributed by atoms with Gasteiger partial charge >= 0.3 is 0 Å². The summed E-state index contributed by atoms with van der Waals surface area (Å²) in [6, 6.07) is 0. The van der Waals surface area contributed by atoms with E-state index in [4.69, 9.17) is 4.42 Å². The molecule has 0 bridgehead atoms. The van der Waals surface area contributed by atoms with E-state index in [1.54, 1.807) is 0 Å². The van der Waals surface area contributed by atoms with Crippen LogP contribution in [0.4, 0.5) is 0 Å². The molecule has 0 atom stereocenters. The topological polar surface area (TPSA) is 66.7 Å². The number of rotatable bonds is 6. The minimum absolute atomic E-state index is 0.0343. The molecule has 0 spiro atoms. The van der Waals surface area contributed by atoms with Crippen LogP contribution in [0, 0.1) is 19.3 Å². The van der Waals surface area contributed by atoms with Crippen LogP contribution in [0.2, 0.25) is 0 Å². The summed E-state index contributed by atoms with van der Waals surface area (Å²) in [6.07, 6.45) is 3.45. The Morgan fingerprint density at radius 2 is 1.74 bits per heavy atom. The molecular formula is C16H27N3O3S. The molecule has 2 fully saturated rings. The van der Waals surface area contributed by atoms with E-state index in [9.17, 15) is 8.42 Å². The van der Waals surface area contributed by atoms with Crippen LogP contribution in [0.3, 0.4) is 0 Å². The average molecular weight is 341 g/mol. The maximum Gasteiger partial charge on any atom is 0.208 e. The van der Waals surface area contributed by atoms with Gasteiger partial charge in [-0.1, -0.05) is 0 Å². The Morgan fingerprint density at radius 1 is 1.13 bits per heavy atom. The number of aryl methyl sites for hydroxylation is 2. The van der Waals surface area contributed by atoms with Crippen molar-refractivity contribution >= 4 is 9.84 Å². The van der Waals surface area contributed by atoms with Gasteiger partial charge in [-0.15, -0.1) is 0 Å². The zero-order valence-corrected chi connectivity index (χ0v) is 15.2. The van der Waals surface area contributed by atoms with Crippen molar-refractivity contribution < 1.29 is 12.8 Å². The second-order valence-electron chi connectivity index (χ2n) is 7.37. The van der Waals surface area contributed by atoms with Crippen molar-refractivity contribution in [3.05, 3.63) is 17.3 Å². The monoisotopic (exact) mass is 341 g/mol. The molecule has 0 radical (unpaired) electrons. The van der Waals surface area contributed by atoms with Crippen LogP contribution >= 0.6 is 0 Å². The molecule has 2 heterocycles. The molecule has 0 aromatic carbocycles. The van der Waals surface area contributed by atoms with E-state index >= 15 is 0 Å². The summed E-state index contributed by atoms with van der Waals surface area (Å²) in [5.41, 5.74) is 1.00. The molecule has 0 unspecified atom stereocenters. The molecule has 1 aromatic heterocycles. The first-order chi connectivity index (χ1) is 10.7. The first-order valence-electron chi connectivity index (χ1n) is 8.30. The fourth-order valence-electron chi connectivity index (χ4n) is 3.46. The predicted octanol–water partition coefficient (Wildman–Crippen LogP) is 1.23. The molecule has 0 amide bonds. The van der Waals surface area contributed by atoms with E-state index in [1.165, 1.54) is 6.26 Å². The molecule has 1 aliphatic carbocycles. The zero-order valence-electron chi connectivity index (χ0n) is 14.3. The van der Waals surface area contributed by atoms with Gasteiger partial charge in [0.25, 0.3) is 0 Å². The Morgan fingerprint density at radius 3 is 2.22 bits per heavy atom. The lowest BCUT2D eigenvalue weighted by Gasteiger charge is -2.36. The summed E-state index contributed by atoms with van der Waals surface area (Å²) in [4.78, 5) is 9.22. The summed E-state index contributed by atoms with van der Waals surface area (Å²) in [5.74, 6) is 2.04. The molecule has 3 rings (SSSR count). The molecule has 0 N–H and O–H groups in total. The molecule has 23 heavy (non-hydrogen) atoms. The summed E-state index contributed by atoms with van der Waals surface area (Å²) in [5, 5.41) is 0. The van der Waals surface area contributed by atoms with Crippen molar-refractivity contribution in [2.45, 2.75) is 33.2 Å². The van der Waals surface area contributed by atoms with Crippen LogP contribution in [0.5, 0.6) is 0 Å². The molecule has 1 aliphatic heterocycles. The quantitative estimate of drug-likeness (QED) is 0.775.